The van der Waals surface area contributed by atoms with Crippen LogP contribution in [0, 0.1) is 11.8 Å². The van der Waals surface area contributed by atoms with Crippen molar-refractivity contribution in [3.8, 4) is 0 Å². The van der Waals surface area contributed by atoms with Crippen LogP contribution in [0.5, 0.6) is 0 Å². The van der Waals surface area contributed by atoms with E-state index in [4.69, 9.17) is 0 Å². The topological polar surface area (TPSA) is 41.1 Å². The Hall–Kier alpha value is -0.570. The quantitative estimate of drug-likeness (QED) is 0.718. The molecule has 2 rings (SSSR count). The molecule has 3 nitrogen and oxygen atoms in total. The van der Waals surface area contributed by atoms with Crippen molar-refractivity contribution in [2.75, 3.05) is 19.6 Å². The molecule has 15 heavy (non-hydrogen) atoms. The lowest BCUT2D eigenvalue weighted by molar-refractivity contribution is -0.121. The maximum Gasteiger partial charge on any atom is 0.220 e. The molecule has 1 amide bonds. The second kappa shape index (κ2) is 5.50. The van der Waals surface area contributed by atoms with Gasteiger partial charge in [0.1, 0.15) is 0 Å². The molecular formula is C12H22N2O. The van der Waals surface area contributed by atoms with Crippen molar-refractivity contribution in [2.24, 2.45) is 11.8 Å². The highest BCUT2D eigenvalue weighted by Gasteiger charge is 2.21. The lowest BCUT2D eigenvalue weighted by Crippen LogP contribution is -2.30. The number of nitrogens with one attached hydrogen (secondary N) is 2. The second-order valence-electron chi connectivity index (χ2n) is 4.98. The van der Waals surface area contributed by atoms with Crippen LogP contribution in [0.15, 0.2) is 0 Å². The number of hydrogen-bond donors (Lipinski definition) is 2. The van der Waals surface area contributed by atoms with E-state index in [0.717, 1.165) is 44.3 Å². The monoisotopic (exact) mass is 210 g/mol. The molecule has 0 bridgehead atoms. The van der Waals surface area contributed by atoms with Gasteiger partial charge in [-0.25, -0.2) is 0 Å². The minimum atomic E-state index is 0.264. The van der Waals surface area contributed by atoms with Gasteiger partial charge in [0.05, 0.1) is 0 Å². The maximum absolute atomic E-state index is 11.5. The standard InChI is InChI=1S/C12H22N2O/c15-12(14-9-11-1-2-11)4-3-10-5-7-13-8-6-10/h10-11,13H,1-9H2,(H,14,15). The molecular weight excluding hydrogens is 188 g/mol. The Labute approximate surface area is 92.0 Å². The molecule has 1 aliphatic heterocycles. The first-order valence-electron chi connectivity index (χ1n) is 6.32. The first kappa shape index (κ1) is 10.9. The van der Waals surface area contributed by atoms with E-state index in [2.05, 4.69) is 10.6 Å². The molecule has 3 heteroatoms. The molecule has 0 radical (unpaired) electrons. The zero-order valence-electron chi connectivity index (χ0n) is 9.43. The molecule has 1 saturated carbocycles. The first-order chi connectivity index (χ1) is 7.34. The van der Waals surface area contributed by atoms with Crippen LogP contribution in [0.3, 0.4) is 0 Å². The van der Waals surface area contributed by atoms with Gasteiger partial charge >= 0.3 is 0 Å². The van der Waals surface area contributed by atoms with E-state index >= 15 is 0 Å². The fraction of sp³-hybridized carbons (Fsp3) is 0.917. The van der Waals surface area contributed by atoms with Crippen molar-refractivity contribution in [1.82, 2.24) is 10.6 Å². The Balaban J connectivity index is 1.53. The number of amides is 1. The van der Waals surface area contributed by atoms with Crippen LogP contribution >= 0.6 is 0 Å². The largest absolute Gasteiger partial charge is 0.356 e. The van der Waals surface area contributed by atoms with Crippen molar-refractivity contribution in [2.45, 2.75) is 38.5 Å². The lowest BCUT2D eigenvalue weighted by atomic mass is 9.93. The predicted molar refractivity (Wildman–Crippen MR) is 60.6 cm³/mol. The molecule has 0 aromatic carbocycles. The first-order valence-corrected chi connectivity index (χ1v) is 6.32. The van der Waals surface area contributed by atoms with Crippen molar-refractivity contribution >= 4 is 5.91 Å². The van der Waals surface area contributed by atoms with Crippen LogP contribution in [0.25, 0.3) is 0 Å². The zero-order valence-corrected chi connectivity index (χ0v) is 9.43. The number of piperidine rings is 1. The molecule has 0 unspecified atom stereocenters. The van der Waals surface area contributed by atoms with Gasteiger partial charge in [0.15, 0.2) is 0 Å². The van der Waals surface area contributed by atoms with Gasteiger partial charge in [0, 0.05) is 13.0 Å². The highest BCUT2D eigenvalue weighted by molar-refractivity contribution is 5.75. The fourth-order valence-corrected chi connectivity index (χ4v) is 2.17. The Kier molecular flexibility index (Phi) is 4.01. The number of carbonyl (C=O) groups excluding carboxylic acids is 1. The molecule has 0 aromatic rings. The van der Waals surface area contributed by atoms with Crippen LogP contribution in [0.2, 0.25) is 0 Å². The van der Waals surface area contributed by atoms with Crippen LogP contribution in [-0.2, 0) is 4.79 Å². The molecule has 2 N–H and O–H groups in total. The average molecular weight is 210 g/mol. The predicted octanol–water partition coefficient (Wildman–Crippen LogP) is 1.29. The molecule has 0 atom stereocenters. The van der Waals surface area contributed by atoms with Crippen LogP contribution < -0.4 is 10.6 Å². The van der Waals surface area contributed by atoms with E-state index in [-0.39, 0.29) is 5.91 Å². The third-order valence-corrected chi connectivity index (χ3v) is 3.52. The minimum Gasteiger partial charge on any atom is -0.356 e. The van der Waals surface area contributed by atoms with E-state index in [9.17, 15) is 4.79 Å². The fourth-order valence-electron chi connectivity index (χ4n) is 2.17. The molecule has 0 spiro atoms. The molecule has 1 heterocycles. The van der Waals surface area contributed by atoms with Crippen LogP contribution in [0.4, 0.5) is 0 Å². The van der Waals surface area contributed by atoms with Crippen LogP contribution in [0.1, 0.15) is 38.5 Å². The summed E-state index contributed by atoms with van der Waals surface area (Å²) in [6.07, 6.45) is 6.94. The van der Waals surface area contributed by atoms with Gasteiger partial charge in [-0.1, -0.05) is 0 Å². The third kappa shape index (κ3) is 4.20. The van der Waals surface area contributed by atoms with E-state index in [1.54, 1.807) is 0 Å². The molecule has 86 valence electrons. The van der Waals surface area contributed by atoms with Gasteiger partial charge in [-0.15, -0.1) is 0 Å². The summed E-state index contributed by atoms with van der Waals surface area (Å²) in [6, 6.07) is 0. The summed E-state index contributed by atoms with van der Waals surface area (Å²) in [5.74, 6) is 1.84. The molecule has 2 aliphatic rings. The van der Waals surface area contributed by atoms with E-state index < -0.39 is 0 Å². The molecule has 1 saturated heterocycles. The summed E-state index contributed by atoms with van der Waals surface area (Å²) in [7, 11) is 0. The SMILES string of the molecule is O=C(CCC1CCNCC1)NCC1CC1. The van der Waals surface area contributed by atoms with Gasteiger partial charge in [-0.3, -0.25) is 4.79 Å². The Bertz CT molecular complexity index is 208. The zero-order chi connectivity index (χ0) is 10.5. The Morgan fingerprint density at radius 1 is 1.13 bits per heavy atom. The summed E-state index contributed by atoms with van der Waals surface area (Å²) in [5.41, 5.74) is 0. The van der Waals surface area contributed by atoms with Gasteiger partial charge < -0.3 is 10.6 Å². The van der Waals surface area contributed by atoms with Crippen molar-refractivity contribution in [1.29, 1.82) is 0 Å². The Morgan fingerprint density at radius 3 is 2.53 bits per heavy atom. The summed E-state index contributed by atoms with van der Waals surface area (Å²) < 4.78 is 0. The van der Waals surface area contributed by atoms with Crippen molar-refractivity contribution in [3.63, 3.8) is 0 Å². The average Bonchev–Trinajstić information content (AvgIpc) is 3.09. The minimum absolute atomic E-state index is 0.264. The highest BCUT2D eigenvalue weighted by Crippen LogP contribution is 2.27. The van der Waals surface area contributed by atoms with Crippen molar-refractivity contribution in [3.05, 3.63) is 0 Å². The Morgan fingerprint density at radius 2 is 1.87 bits per heavy atom. The maximum atomic E-state index is 11.5. The molecule has 1 aliphatic carbocycles. The highest BCUT2D eigenvalue weighted by atomic mass is 16.1. The van der Waals surface area contributed by atoms with Gasteiger partial charge in [-0.2, -0.15) is 0 Å². The summed E-state index contributed by atoms with van der Waals surface area (Å²) >= 11 is 0. The van der Waals surface area contributed by atoms with Gasteiger partial charge in [0.2, 0.25) is 5.91 Å². The lowest BCUT2D eigenvalue weighted by Gasteiger charge is -2.22. The van der Waals surface area contributed by atoms with Gasteiger partial charge in [0.25, 0.3) is 0 Å². The second-order valence-corrected chi connectivity index (χ2v) is 4.98. The summed E-state index contributed by atoms with van der Waals surface area (Å²) in [6.45, 7) is 3.19. The number of hydrogen-bond acceptors (Lipinski definition) is 2. The smallest absolute Gasteiger partial charge is 0.220 e. The summed E-state index contributed by atoms with van der Waals surface area (Å²) in [5, 5.41) is 6.38. The van der Waals surface area contributed by atoms with E-state index in [0.29, 0.717) is 0 Å². The number of carbonyl (C=O) groups is 1. The number of rotatable bonds is 5. The van der Waals surface area contributed by atoms with E-state index in [1.165, 1.54) is 25.7 Å². The van der Waals surface area contributed by atoms with E-state index in [1.807, 2.05) is 0 Å². The van der Waals surface area contributed by atoms with Crippen LogP contribution in [-0.4, -0.2) is 25.5 Å². The molecule has 0 aromatic heterocycles. The van der Waals surface area contributed by atoms with Gasteiger partial charge in [-0.05, 0) is 57.0 Å². The third-order valence-electron chi connectivity index (χ3n) is 3.52. The molecule has 2 fully saturated rings. The van der Waals surface area contributed by atoms with Crippen molar-refractivity contribution < 1.29 is 4.79 Å². The normalized spacial score (nSPS) is 22.7. The summed E-state index contributed by atoms with van der Waals surface area (Å²) in [4.78, 5) is 11.5.